The lowest BCUT2D eigenvalue weighted by Gasteiger charge is -2.17. The quantitative estimate of drug-likeness (QED) is 0.874. The third-order valence-corrected chi connectivity index (χ3v) is 4.48. The maximum absolute atomic E-state index is 12.1. The first kappa shape index (κ1) is 13.2. The summed E-state index contributed by atoms with van der Waals surface area (Å²) < 4.78 is 5.04. The van der Waals surface area contributed by atoms with Gasteiger partial charge in [0, 0.05) is 24.5 Å². The lowest BCUT2D eigenvalue weighted by molar-refractivity contribution is 0.0901. The van der Waals surface area contributed by atoms with Gasteiger partial charge >= 0.3 is 11.8 Å². The van der Waals surface area contributed by atoms with Crippen LogP contribution in [0.4, 0.5) is 0 Å². The number of hydrogen-bond donors (Lipinski definition) is 1. The molecule has 4 rings (SSSR count). The van der Waals surface area contributed by atoms with E-state index in [1.165, 1.54) is 6.42 Å². The summed E-state index contributed by atoms with van der Waals surface area (Å²) >= 11 is 0. The maximum Gasteiger partial charge on any atom is 0.316 e. The van der Waals surface area contributed by atoms with Gasteiger partial charge < -0.3 is 9.84 Å². The molecule has 2 aromatic heterocycles. The highest BCUT2D eigenvalue weighted by Crippen LogP contribution is 2.42. The summed E-state index contributed by atoms with van der Waals surface area (Å²) in [5, 5.41) is 6.73. The van der Waals surface area contributed by atoms with Gasteiger partial charge in [0.1, 0.15) is 0 Å². The number of hydrogen-bond acceptors (Lipinski definition) is 5. The Balaban J connectivity index is 1.39. The predicted molar refractivity (Wildman–Crippen MR) is 78.7 cm³/mol. The van der Waals surface area contributed by atoms with E-state index in [0.717, 1.165) is 12.0 Å². The first-order chi connectivity index (χ1) is 10.8. The van der Waals surface area contributed by atoms with Crippen LogP contribution in [0.2, 0.25) is 0 Å². The molecule has 22 heavy (non-hydrogen) atoms. The smallest absolute Gasteiger partial charge is 0.316 e. The summed E-state index contributed by atoms with van der Waals surface area (Å²) in [6, 6.07) is 3.61. The summed E-state index contributed by atoms with van der Waals surface area (Å²) in [4.78, 5) is 20.2. The first-order valence-corrected chi connectivity index (χ1v) is 7.50. The fourth-order valence-corrected chi connectivity index (χ4v) is 3.36. The van der Waals surface area contributed by atoms with Crippen LogP contribution in [0.15, 0.2) is 41.2 Å². The molecule has 0 radical (unpaired) electrons. The summed E-state index contributed by atoms with van der Waals surface area (Å²) in [5.41, 5.74) is 0.725. The molecular formula is C16H16N4O2. The van der Waals surface area contributed by atoms with Gasteiger partial charge in [-0.05, 0) is 42.7 Å². The molecule has 1 amide bonds. The van der Waals surface area contributed by atoms with Gasteiger partial charge in [-0.2, -0.15) is 4.98 Å². The predicted octanol–water partition coefficient (Wildman–Crippen LogP) is 2.07. The average molecular weight is 296 g/mol. The van der Waals surface area contributed by atoms with Gasteiger partial charge in [0.2, 0.25) is 5.82 Å². The number of nitrogens with zero attached hydrogens (tertiary/aromatic N) is 3. The van der Waals surface area contributed by atoms with E-state index in [-0.39, 0.29) is 11.8 Å². The second-order valence-corrected chi connectivity index (χ2v) is 5.92. The molecule has 0 unspecified atom stereocenters. The second kappa shape index (κ2) is 5.36. The van der Waals surface area contributed by atoms with Crippen LogP contribution in [0.25, 0.3) is 11.4 Å². The van der Waals surface area contributed by atoms with Crippen molar-refractivity contribution in [1.29, 1.82) is 0 Å². The molecule has 1 saturated carbocycles. The van der Waals surface area contributed by atoms with Crippen molar-refractivity contribution in [2.45, 2.75) is 12.8 Å². The summed E-state index contributed by atoms with van der Waals surface area (Å²) in [6.45, 7) is 0.662. The highest BCUT2D eigenvalue weighted by molar-refractivity contribution is 5.89. The highest BCUT2D eigenvalue weighted by atomic mass is 16.5. The number of amides is 1. The van der Waals surface area contributed by atoms with Crippen molar-refractivity contribution in [3.8, 4) is 11.4 Å². The van der Waals surface area contributed by atoms with Gasteiger partial charge in [-0.1, -0.05) is 17.3 Å². The standard InChI is InChI=1S/C16H16N4O2/c21-15(18-9-13-7-10-3-4-11(13)6-10)16-19-14(20-22-16)12-2-1-5-17-8-12/h1-5,8,10-11,13H,6-7,9H2,(H,18,21)/t10-,11-,13+/m0/s1. The van der Waals surface area contributed by atoms with E-state index in [1.807, 2.05) is 6.07 Å². The molecule has 0 saturated heterocycles. The van der Waals surface area contributed by atoms with E-state index in [1.54, 1.807) is 18.5 Å². The lowest BCUT2D eigenvalue weighted by Crippen LogP contribution is -2.31. The van der Waals surface area contributed by atoms with Crippen molar-refractivity contribution in [2.75, 3.05) is 6.54 Å². The largest absolute Gasteiger partial charge is 0.348 e. The molecule has 2 aliphatic carbocycles. The summed E-state index contributed by atoms with van der Waals surface area (Å²) in [6.07, 6.45) is 10.3. The SMILES string of the molecule is O=C(NC[C@H]1C[C@H]2C=C[C@H]1C2)c1nc(-c2cccnc2)no1. The number of allylic oxidation sites excluding steroid dienone is 2. The summed E-state index contributed by atoms with van der Waals surface area (Å²) in [5.74, 6) is 1.90. The van der Waals surface area contributed by atoms with Crippen LogP contribution in [-0.2, 0) is 0 Å². The van der Waals surface area contributed by atoms with Gasteiger partial charge in [-0.25, -0.2) is 0 Å². The first-order valence-electron chi connectivity index (χ1n) is 7.50. The van der Waals surface area contributed by atoms with E-state index in [2.05, 4.69) is 32.6 Å². The summed E-state index contributed by atoms with van der Waals surface area (Å²) in [7, 11) is 0. The molecule has 2 aliphatic rings. The Bertz CT molecular complexity index is 710. The van der Waals surface area contributed by atoms with Crippen LogP contribution in [0, 0.1) is 17.8 Å². The van der Waals surface area contributed by atoms with Crippen molar-refractivity contribution < 1.29 is 9.32 Å². The van der Waals surface area contributed by atoms with E-state index < -0.39 is 0 Å². The Hall–Kier alpha value is -2.50. The third kappa shape index (κ3) is 2.41. The second-order valence-electron chi connectivity index (χ2n) is 5.92. The van der Waals surface area contributed by atoms with Gasteiger partial charge in [0.15, 0.2) is 0 Å². The van der Waals surface area contributed by atoms with E-state index in [4.69, 9.17) is 4.52 Å². The molecule has 2 aromatic rings. The Labute approximate surface area is 127 Å². The molecule has 3 atom stereocenters. The van der Waals surface area contributed by atoms with Gasteiger partial charge in [0.05, 0.1) is 0 Å². The minimum Gasteiger partial charge on any atom is -0.348 e. The molecule has 1 fully saturated rings. The zero-order valence-corrected chi connectivity index (χ0v) is 12.0. The molecule has 0 aromatic carbocycles. The Morgan fingerprint density at radius 3 is 3.05 bits per heavy atom. The molecule has 6 heteroatoms. The topological polar surface area (TPSA) is 80.9 Å². The van der Waals surface area contributed by atoms with Crippen LogP contribution in [0.1, 0.15) is 23.5 Å². The molecule has 2 bridgehead atoms. The number of carbonyl (C=O) groups is 1. The van der Waals surface area contributed by atoms with Crippen molar-refractivity contribution in [2.24, 2.45) is 17.8 Å². The third-order valence-electron chi connectivity index (χ3n) is 4.48. The number of pyridine rings is 1. The van der Waals surface area contributed by atoms with Crippen LogP contribution < -0.4 is 5.32 Å². The van der Waals surface area contributed by atoms with Gasteiger partial charge in [-0.3, -0.25) is 9.78 Å². The van der Waals surface area contributed by atoms with Crippen LogP contribution in [0.5, 0.6) is 0 Å². The minimum absolute atomic E-state index is 0.00227. The van der Waals surface area contributed by atoms with Crippen molar-refractivity contribution >= 4 is 5.91 Å². The van der Waals surface area contributed by atoms with Gasteiger partial charge in [0.25, 0.3) is 0 Å². The number of aromatic nitrogens is 3. The van der Waals surface area contributed by atoms with E-state index >= 15 is 0 Å². The fraction of sp³-hybridized carbons (Fsp3) is 0.375. The van der Waals surface area contributed by atoms with E-state index in [9.17, 15) is 4.79 Å². The zero-order valence-electron chi connectivity index (χ0n) is 12.0. The average Bonchev–Trinajstić information content (AvgIpc) is 3.29. The molecule has 0 aliphatic heterocycles. The highest BCUT2D eigenvalue weighted by Gasteiger charge is 2.35. The molecule has 112 valence electrons. The lowest BCUT2D eigenvalue weighted by atomic mass is 9.94. The van der Waals surface area contributed by atoms with Crippen molar-refractivity contribution in [3.05, 3.63) is 42.6 Å². The van der Waals surface area contributed by atoms with Gasteiger partial charge in [-0.15, -0.1) is 0 Å². The zero-order chi connectivity index (χ0) is 14.9. The normalized spacial score (nSPS) is 25.5. The number of carbonyl (C=O) groups excluding carboxylic acids is 1. The fourth-order valence-electron chi connectivity index (χ4n) is 3.36. The molecule has 2 heterocycles. The monoisotopic (exact) mass is 296 g/mol. The molecule has 1 N–H and O–H groups in total. The van der Waals surface area contributed by atoms with Crippen molar-refractivity contribution in [1.82, 2.24) is 20.4 Å². The number of rotatable bonds is 4. The van der Waals surface area contributed by atoms with Crippen molar-refractivity contribution in [3.63, 3.8) is 0 Å². The molecular weight excluding hydrogens is 280 g/mol. The number of fused-ring (bicyclic) bond motifs is 2. The molecule has 6 nitrogen and oxygen atoms in total. The Morgan fingerprint density at radius 2 is 2.32 bits per heavy atom. The van der Waals surface area contributed by atoms with Crippen LogP contribution >= 0.6 is 0 Å². The number of nitrogens with one attached hydrogen (secondary N) is 1. The Kier molecular flexibility index (Phi) is 3.21. The maximum atomic E-state index is 12.1. The Morgan fingerprint density at radius 1 is 1.36 bits per heavy atom. The minimum atomic E-state index is -0.311. The molecule has 0 spiro atoms. The van der Waals surface area contributed by atoms with Crippen LogP contribution in [0.3, 0.4) is 0 Å². The van der Waals surface area contributed by atoms with Crippen LogP contribution in [-0.4, -0.2) is 27.6 Å². The van der Waals surface area contributed by atoms with E-state index in [0.29, 0.717) is 30.1 Å².